The van der Waals surface area contributed by atoms with E-state index in [1.54, 1.807) is 23.1 Å². The van der Waals surface area contributed by atoms with Crippen LogP contribution >= 0.6 is 23.1 Å². The molecule has 28 heavy (non-hydrogen) atoms. The first-order valence-corrected chi connectivity index (χ1v) is 11.0. The van der Waals surface area contributed by atoms with Gasteiger partial charge in [-0.25, -0.2) is 4.98 Å². The van der Waals surface area contributed by atoms with Crippen molar-refractivity contribution in [2.24, 2.45) is 0 Å². The minimum absolute atomic E-state index is 0.0334. The summed E-state index contributed by atoms with van der Waals surface area (Å²) in [5.74, 6) is 0.0334. The van der Waals surface area contributed by atoms with Gasteiger partial charge in [-0.2, -0.15) is 0 Å². The van der Waals surface area contributed by atoms with Crippen LogP contribution in [0.25, 0.3) is 0 Å². The molecule has 0 atom stereocenters. The van der Waals surface area contributed by atoms with Crippen molar-refractivity contribution in [3.05, 3.63) is 64.6 Å². The number of aryl methyl sites for hydroxylation is 1. The molecule has 1 aromatic heterocycles. The Kier molecular flexibility index (Phi) is 5.17. The molecule has 0 aliphatic carbocycles. The highest BCUT2D eigenvalue weighted by Gasteiger charge is 2.27. The molecule has 2 heterocycles. The fourth-order valence-electron chi connectivity index (χ4n) is 3.34. The number of hydrogen-bond donors (Lipinski definition) is 1. The number of rotatable bonds is 5. The van der Waals surface area contributed by atoms with Crippen molar-refractivity contribution < 1.29 is 4.79 Å². The molecule has 4 rings (SSSR count). The molecular weight excluding hydrogens is 386 g/mol. The molecule has 0 unspecified atom stereocenters. The molecule has 1 amide bonds. The van der Waals surface area contributed by atoms with Gasteiger partial charge in [-0.05, 0) is 45.0 Å². The predicted octanol–water partition coefficient (Wildman–Crippen LogP) is 5.50. The molecule has 0 bridgehead atoms. The van der Waals surface area contributed by atoms with E-state index in [4.69, 9.17) is 0 Å². The molecule has 6 heteroatoms. The van der Waals surface area contributed by atoms with Gasteiger partial charge < -0.3 is 10.2 Å². The Balaban J connectivity index is 1.50. The summed E-state index contributed by atoms with van der Waals surface area (Å²) in [7, 11) is 0. The SMILES string of the molecule is Cc1csc(C(C)(C)NC(=O)CCN2c3ccccc3Sc3ccccc32)n1. The summed E-state index contributed by atoms with van der Waals surface area (Å²) < 4.78 is 0. The number of hydrogen-bond acceptors (Lipinski definition) is 5. The van der Waals surface area contributed by atoms with Gasteiger partial charge in [-0.15, -0.1) is 11.3 Å². The van der Waals surface area contributed by atoms with Crippen molar-refractivity contribution in [1.82, 2.24) is 10.3 Å². The van der Waals surface area contributed by atoms with Gasteiger partial charge in [0.25, 0.3) is 0 Å². The molecule has 1 N–H and O–H groups in total. The number of nitrogens with zero attached hydrogens (tertiary/aromatic N) is 2. The van der Waals surface area contributed by atoms with Crippen LogP contribution in [0.1, 0.15) is 31.0 Å². The Morgan fingerprint density at radius 2 is 1.68 bits per heavy atom. The fourth-order valence-corrected chi connectivity index (χ4v) is 5.31. The van der Waals surface area contributed by atoms with E-state index in [1.165, 1.54) is 9.79 Å². The first kappa shape index (κ1) is 19.0. The highest BCUT2D eigenvalue weighted by Crippen LogP contribution is 2.47. The Morgan fingerprint density at radius 1 is 1.07 bits per heavy atom. The number of carbonyl (C=O) groups is 1. The standard InChI is InChI=1S/C22H23N3OS2/c1-15-14-27-21(23-15)22(2,3)24-20(26)12-13-25-16-8-4-6-10-18(16)28-19-11-7-5-9-17(19)25/h4-11,14H,12-13H2,1-3H3,(H,24,26). The average Bonchev–Trinajstić information content (AvgIpc) is 3.12. The highest BCUT2D eigenvalue weighted by atomic mass is 32.2. The number of carbonyl (C=O) groups excluding carboxylic acids is 1. The second-order valence-corrected chi connectivity index (χ2v) is 9.35. The lowest BCUT2D eigenvalue weighted by molar-refractivity contribution is -0.122. The van der Waals surface area contributed by atoms with E-state index in [1.807, 2.05) is 38.3 Å². The summed E-state index contributed by atoms with van der Waals surface area (Å²) in [5, 5.41) is 6.10. The van der Waals surface area contributed by atoms with E-state index in [2.05, 4.69) is 51.6 Å². The largest absolute Gasteiger partial charge is 0.345 e. The molecule has 0 spiro atoms. The van der Waals surface area contributed by atoms with Crippen molar-refractivity contribution in [3.63, 3.8) is 0 Å². The van der Waals surface area contributed by atoms with Crippen LogP contribution in [0.3, 0.4) is 0 Å². The Hall–Kier alpha value is -2.31. The van der Waals surface area contributed by atoms with E-state index < -0.39 is 5.54 Å². The molecule has 1 aliphatic heterocycles. The van der Waals surface area contributed by atoms with Crippen LogP contribution in [0.5, 0.6) is 0 Å². The molecule has 3 aromatic rings. The second-order valence-electron chi connectivity index (χ2n) is 7.41. The van der Waals surface area contributed by atoms with Crippen LogP contribution in [0.4, 0.5) is 11.4 Å². The molecule has 4 nitrogen and oxygen atoms in total. The zero-order valence-electron chi connectivity index (χ0n) is 16.2. The number of benzene rings is 2. The van der Waals surface area contributed by atoms with Crippen LogP contribution in [0, 0.1) is 6.92 Å². The third-order valence-corrected chi connectivity index (χ3v) is 7.11. The average molecular weight is 410 g/mol. The number of aromatic nitrogens is 1. The Morgan fingerprint density at radius 3 is 2.25 bits per heavy atom. The van der Waals surface area contributed by atoms with E-state index in [-0.39, 0.29) is 5.91 Å². The van der Waals surface area contributed by atoms with Crippen molar-refractivity contribution in [2.45, 2.75) is 42.5 Å². The van der Waals surface area contributed by atoms with Crippen molar-refractivity contribution >= 4 is 40.4 Å². The maximum atomic E-state index is 12.7. The molecule has 0 saturated carbocycles. The van der Waals surface area contributed by atoms with Gasteiger partial charge >= 0.3 is 0 Å². The van der Waals surface area contributed by atoms with Gasteiger partial charge in [0.15, 0.2) is 0 Å². The first-order valence-electron chi connectivity index (χ1n) is 9.31. The quantitative estimate of drug-likeness (QED) is 0.605. The van der Waals surface area contributed by atoms with Crippen LogP contribution < -0.4 is 10.2 Å². The van der Waals surface area contributed by atoms with Crippen molar-refractivity contribution in [1.29, 1.82) is 0 Å². The molecular formula is C22H23N3OS2. The van der Waals surface area contributed by atoms with Crippen LogP contribution in [0.15, 0.2) is 63.7 Å². The lowest BCUT2D eigenvalue weighted by atomic mass is 10.1. The minimum atomic E-state index is -0.469. The van der Waals surface area contributed by atoms with Crippen LogP contribution in [0.2, 0.25) is 0 Å². The summed E-state index contributed by atoms with van der Waals surface area (Å²) >= 11 is 3.37. The van der Waals surface area contributed by atoms with Gasteiger partial charge in [-0.3, -0.25) is 4.79 Å². The zero-order valence-corrected chi connectivity index (χ0v) is 17.9. The Bertz CT molecular complexity index is 967. The lowest BCUT2D eigenvalue weighted by Crippen LogP contribution is -2.42. The number of nitrogens with one attached hydrogen (secondary N) is 1. The fraction of sp³-hybridized carbons (Fsp3) is 0.273. The second kappa shape index (κ2) is 7.60. The molecule has 1 aliphatic rings. The number of para-hydroxylation sites is 2. The summed E-state index contributed by atoms with van der Waals surface area (Å²) in [6.07, 6.45) is 0.418. The number of thiazole rings is 1. The lowest BCUT2D eigenvalue weighted by Gasteiger charge is -2.33. The third kappa shape index (κ3) is 3.80. The summed E-state index contributed by atoms with van der Waals surface area (Å²) in [5.41, 5.74) is 2.84. The van der Waals surface area contributed by atoms with Gasteiger partial charge in [0.05, 0.1) is 16.9 Å². The van der Waals surface area contributed by atoms with Crippen LogP contribution in [-0.2, 0) is 10.3 Å². The summed E-state index contributed by atoms with van der Waals surface area (Å²) in [6, 6.07) is 16.7. The van der Waals surface area contributed by atoms with E-state index >= 15 is 0 Å². The van der Waals surface area contributed by atoms with Gasteiger partial charge in [0.2, 0.25) is 5.91 Å². The Labute approximate surface area is 174 Å². The maximum Gasteiger partial charge on any atom is 0.222 e. The van der Waals surface area contributed by atoms with Crippen molar-refractivity contribution in [3.8, 4) is 0 Å². The monoisotopic (exact) mass is 409 g/mol. The zero-order chi connectivity index (χ0) is 19.7. The minimum Gasteiger partial charge on any atom is -0.345 e. The van der Waals surface area contributed by atoms with Gasteiger partial charge in [0, 0.05) is 33.8 Å². The number of fused-ring (bicyclic) bond motifs is 2. The van der Waals surface area contributed by atoms with Gasteiger partial charge in [0.1, 0.15) is 5.01 Å². The van der Waals surface area contributed by atoms with Gasteiger partial charge in [-0.1, -0.05) is 36.0 Å². The molecule has 0 radical (unpaired) electrons. The third-order valence-electron chi connectivity index (χ3n) is 4.70. The molecule has 0 saturated heterocycles. The molecule has 2 aromatic carbocycles. The normalized spacial score (nSPS) is 13.0. The topological polar surface area (TPSA) is 45.2 Å². The first-order chi connectivity index (χ1) is 13.4. The maximum absolute atomic E-state index is 12.7. The molecule has 144 valence electrons. The van der Waals surface area contributed by atoms with E-state index in [0.717, 1.165) is 22.1 Å². The van der Waals surface area contributed by atoms with Crippen molar-refractivity contribution in [2.75, 3.05) is 11.4 Å². The summed E-state index contributed by atoms with van der Waals surface area (Å²) in [6.45, 7) is 6.62. The molecule has 0 fully saturated rings. The van der Waals surface area contributed by atoms with Crippen LogP contribution in [-0.4, -0.2) is 17.4 Å². The highest BCUT2D eigenvalue weighted by molar-refractivity contribution is 7.99. The smallest absolute Gasteiger partial charge is 0.222 e. The predicted molar refractivity (Wildman–Crippen MR) is 117 cm³/mol. The number of anilines is 2. The van der Waals surface area contributed by atoms with E-state index in [0.29, 0.717) is 13.0 Å². The van der Waals surface area contributed by atoms with E-state index in [9.17, 15) is 4.79 Å². The number of amides is 1. The summed E-state index contributed by atoms with van der Waals surface area (Å²) in [4.78, 5) is 22.0.